The van der Waals surface area contributed by atoms with Crippen LogP contribution in [0.4, 0.5) is 0 Å². The average molecular weight is 152 g/mol. The van der Waals surface area contributed by atoms with Gasteiger partial charge in [0.15, 0.2) is 0 Å². The van der Waals surface area contributed by atoms with Crippen molar-refractivity contribution in [3.8, 4) is 11.3 Å². The molecule has 0 N–H and O–H groups in total. The van der Waals surface area contributed by atoms with E-state index in [1.54, 1.807) is 18.7 Å². The number of hydrogen-bond acceptors (Lipinski definition) is 3. The Morgan fingerprint density at radius 3 is 2.58 bits per heavy atom. The molecule has 12 heavy (non-hydrogen) atoms. The fourth-order valence-corrected chi connectivity index (χ4v) is 0.839. The molecule has 0 spiro atoms. The molecule has 0 unspecified atom stereocenters. The van der Waals surface area contributed by atoms with E-state index in [0.717, 1.165) is 11.3 Å². The molecule has 54 valence electrons. The maximum Gasteiger partial charge on any atom is 1.00 e. The molecule has 0 aliphatic heterocycles. The van der Waals surface area contributed by atoms with E-state index in [4.69, 9.17) is 4.42 Å². The van der Waals surface area contributed by atoms with Crippen LogP contribution in [0.25, 0.3) is 11.3 Å². The minimum absolute atomic E-state index is 0. The summed E-state index contributed by atoms with van der Waals surface area (Å²) >= 11 is 0. The summed E-state index contributed by atoms with van der Waals surface area (Å²) in [5.74, 6) is 0. The largest absolute Gasteiger partial charge is 1.00 e. The summed E-state index contributed by atoms with van der Waals surface area (Å²) in [6.45, 7) is 0. The molecular weight excluding hydrogens is 147 g/mol. The van der Waals surface area contributed by atoms with Gasteiger partial charge in [0.2, 0.25) is 0 Å². The third-order valence-electron chi connectivity index (χ3n) is 1.37. The number of oxazole rings is 1. The third kappa shape index (κ3) is 1.76. The Bertz CT molecular complexity index is 320. The summed E-state index contributed by atoms with van der Waals surface area (Å²) in [5.41, 5.74) is 1.78. The standard InChI is InChI=1S/C8H5N2O.Li/c1-3-9-4-2-7(1)8-5-11-6-10-8;/h1-5H;/q-1;+1. The van der Waals surface area contributed by atoms with Crippen LogP contribution in [0.3, 0.4) is 0 Å². The topological polar surface area (TPSA) is 38.9 Å². The van der Waals surface area contributed by atoms with Gasteiger partial charge in [-0.3, -0.25) is 4.98 Å². The Morgan fingerprint density at radius 2 is 2.00 bits per heavy atom. The van der Waals surface area contributed by atoms with Crippen molar-refractivity contribution in [1.82, 2.24) is 9.97 Å². The van der Waals surface area contributed by atoms with E-state index in [1.165, 1.54) is 0 Å². The third-order valence-corrected chi connectivity index (χ3v) is 1.37. The monoisotopic (exact) mass is 152 g/mol. The minimum atomic E-state index is 0. The van der Waals surface area contributed by atoms with Crippen molar-refractivity contribution in [3.05, 3.63) is 37.2 Å². The first kappa shape index (κ1) is 9.05. The van der Waals surface area contributed by atoms with Crippen LogP contribution in [-0.2, 0) is 0 Å². The predicted octanol–water partition coefficient (Wildman–Crippen LogP) is -1.46. The van der Waals surface area contributed by atoms with Crippen molar-refractivity contribution in [2.24, 2.45) is 0 Å². The Kier molecular flexibility index (Phi) is 3.09. The fourth-order valence-electron chi connectivity index (χ4n) is 0.839. The Hall–Kier alpha value is -1.04. The summed E-state index contributed by atoms with van der Waals surface area (Å²) in [6.07, 6.45) is 7.36. The van der Waals surface area contributed by atoms with E-state index in [1.807, 2.05) is 12.1 Å². The van der Waals surface area contributed by atoms with Crippen LogP contribution in [-0.4, -0.2) is 9.97 Å². The smallest absolute Gasteiger partial charge is 0.581 e. The minimum Gasteiger partial charge on any atom is -0.581 e. The summed E-state index contributed by atoms with van der Waals surface area (Å²) in [4.78, 5) is 7.75. The van der Waals surface area contributed by atoms with E-state index >= 15 is 0 Å². The SMILES string of the molecule is [Li+].[c-]1nc(-c2ccncc2)co1. The van der Waals surface area contributed by atoms with Crippen LogP contribution in [0.2, 0.25) is 0 Å². The molecule has 2 heterocycles. The first-order valence-corrected chi connectivity index (χ1v) is 3.19. The zero-order chi connectivity index (χ0) is 7.52. The number of aromatic nitrogens is 2. The molecule has 0 aliphatic rings. The zero-order valence-electron chi connectivity index (χ0n) is 6.69. The van der Waals surface area contributed by atoms with E-state index in [-0.39, 0.29) is 18.9 Å². The van der Waals surface area contributed by atoms with Crippen LogP contribution in [0.1, 0.15) is 0 Å². The summed E-state index contributed by atoms with van der Waals surface area (Å²) < 4.78 is 4.71. The van der Waals surface area contributed by atoms with Gasteiger partial charge in [-0.15, -0.1) is 0 Å². The summed E-state index contributed by atoms with van der Waals surface area (Å²) in [5, 5.41) is 0. The van der Waals surface area contributed by atoms with Gasteiger partial charge >= 0.3 is 18.9 Å². The van der Waals surface area contributed by atoms with E-state index in [9.17, 15) is 0 Å². The molecule has 0 bridgehead atoms. The molecule has 0 saturated carbocycles. The van der Waals surface area contributed by atoms with Crippen LogP contribution >= 0.6 is 0 Å². The molecule has 0 aliphatic carbocycles. The fraction of sp³-hybridized carbons (Fsp3) is 0. The number of hydrogen-bond donors (Lipinski definition) is 0. The number of rotatable bonds is 1. The Balaban J connectivity index is 0.000000720. The summed E-state index contributed by atoms with van der Waals surface area (Å²) in [7, 11) is 0. The van der Waals surface area contributed by atoms with Gasteiger partial charge in [-0.25, -0.2) is 0 Å². The van der Waals surface area contributed by atoms with Gasteiger partial charge in [-0.05, 0) is 24.1 Å². The van der Waals surface area contributed by atoms with Gasteiger partial charge < -0.3 is 9.40 Å². The molecule has 0 amide bonds. The number of nitrogens with zero attached hydrogens (tertiary/aromatic N) is 2. The van der Waals surface area contributed by atoms with Gasteiger partial charge in [-0.2, -0.15) is 0 Å². The molecule has 0 saturated heterocycles. The predicted molar refractivity (Wildman–Crippen MR) is 38.6 cm³/mol. The molecule has 2 aromatic heterocycles. The van der Waals surface area contributed by atoms with E-state index in [0.29, 0.717) is 0 Å². The summed E-state index contributed by atoms with van der Waals surface area (Å²) in [6, 6.07) is 3.73. The normalized spacial score (nSPS) is 9.00. The molecular formula is C8H5LiN2O. The van der Waals surface area contributed by atoms with Crippen molar-refractivity contribution in [2.75, 3.05) is 0 Å². The second kappa shape index (κ2) is 4.10. The van der Waals surface area contributed by atoms with Gasteiger partial charge in [0.25, 0.3) is 0 Å². The first-order valence-electron chi connectivity index (χ1n) is 3.19. The van der Waals surface area contributed by atoms with Gasteiger partial charge in [-0.1, -0.05) is 5.56 Å². The second-order valence-corrected chi connectivity index (χ2v) is 2.06. The maximum absolute atomic E-state index is 4.71. The first-order chi connectivity index (χ1) is 5.47. The van der Waals surface area contributed by atoms with Crippen LogP contribution < -0.4 is 18.9 Å². The Labute approximate surface area is 82.0 Å². The van der Waals surface area contributed by atoms with Gasteiger partial charge in [0, 0.05) is 12.4 Å². The van der Waals surface area contributed by atoms with E-state index in [2.05, 4.69) is 16.4 Å². The van der Waals surface area contributed by atoms with Gasteiger partial charge in [0.05, 0.1) is 0 Å². The Morgan fingerprint density at radius 1 is 1.25 bits per heavy atom. The zero-order valence-corrected chi connectivity index (χ0v) is 6.69. The second-order valence-electron chi connectivity index (χ2n) is 2.06. The molecule has 2 aromatic rings. The van der Waals surface area contributed by atoms with Crippen molar-refractivity contribution in [1.29, 1.82) is 0 Å². The van der Waals surface area contributed by atoms with Crippen molar-refractivity contribution in [2.45, 2.75) is 0 Å². The molecule has 2 rings (SSSR count). The van der Waals surface area contributed by atoms with Crippen LogP contribution in [0.15, 0.2) is 35.2 Å². The molecule has 0 fully saturated rings. The van der Waals surface area contributed by atoms with Crippen LogP contribution in [0, 0.1) is 6.39 Å². The van der Waals surface area contributed by atoms with Crippen LogP contribution in [0.5, 0.6) is 0 Å². The molecule has 4 heteroatoms. The molecule has 0 atom stereocenters. The van der Waals surface area contributed by atoms with E-state index < -0.39 is 0 Å². The van der Waals surface area contributed by atoms with Crippen molar-refractivity contribution < 1.29 is 23.3 Å². The maximum atomic E-state index is 4.71. The number of pyridine rings is 1. The molecule has 3 nitrogen and oxygen atoms in total. The molecule has 0 radical (unpaired) electrons. The average Bonchev–Trinajstić information content (AvgIpc) is 2.58. The van der Waals surface area contributed by atoms with Crippen molar-refractivity contribution in [3.63, 3.8) is 0 Å². The quantitative estimate of drug-likeness (QED) is 0.370. The van der Waals surface area contributed by atoms with Crippen molar-refractivity contribution >= 4 is 0 Å². The van der Waals surface area contributed by atoms with Gasteiger partial charge in [0.1, 0.15) is 6.39 Å². The molecule has 0 aromatic carbocycles.